The zero-order chi connectivity index (χ0) is 21.0. The van der Waals surface area contributed by atoms with Crippen LogP contribution in [0.15, 0.2) is 65.7 Å². The van der Waals surface area contributed by atoms with Gasteiger partial charge in [-0.2, -0.15) is 0 Å². The number of hydrogen-bond acceptors (Lipinski definition) is 5. The average Bonchev–Trinajstić information content (AvgIpc) is 2.64. The first-order valence-electron chi connectivity index (χ1n) is 9.59. The molecule has 0 bridgehead atoms. The second kappa shape index (κ2) is 8.82. The summed E-state index contributed by atoms with van der Waals surface area (Å²) in [6, 6.07) is 3.77. The molecule has 6 heteroatoms. The zero-order valence-corrected chi connectivity index (χ0v) is 16.7. The maximum absolute atomic E-state index is 15.5. The van der Waals surface area contributed by atoms with Crippen LogP contribution in [-0.2, 0) is 6.42 Å². The maximum Gasteiger partial charge on any atom is 0.141 e. The van der Waals surface area contributed by atoms with E-state index >= 15 is 4.39 Å². The van der Waals surface area contributed by atoms with Crippen LogP contribution in [0.1, 0.15) is 43.2 Å². The van der Waals surface area contributed by atoms with Crippen molar-refractivity contribution in [3.63, 3.8) is 0 Å². The van der Waals surface area contributed by atoms with Crippen LogP contribution < -0.4 is 11.5 Å². The van der Waals surface area contributed by atoms with Gasteiger partial charge in [0.2, 0.25) is 0 Å². The van der Waals surface area contributed by atoms with E-state index in [1.54, 1.807) is 18.4 Å². The van der Waals surface area contributed by atoms with E-state index in [0.29, 0.717) is 46.4 Å². The molecule has 1 aliphatic carbocycles. The molecule has 1 aliphatic rings. The van der Waals surface area contributed by atoms with Gasteiger partial charge in [-0.25, -0.2) is 9.37 Å². The van der Waals surface area contributed by atoms with Gasteiger partial charge >= 0.3 is 0 Å². The van der Waals surface area contributed by atoms with Crippen LogP contribution in [0.25, 0.3) is 11.3 Å². The second-order valence-electron chi connectivity index (χ2n) is 7.35. The highest BCUT2D eigenvalue weighted by atomic mass is 19.1. The summed E-state index contributed by atoms with van der Waals surface area (Å²) in [5, 5.41) is 0. The summed E-state index contributed by atoms with van der Waals surface area (Å²) in [5.41, 5.74) is 15.6. The van der Waals surface area contributed by atoms with E-state index in [1.807, 2.05) is 13.0 Å². The monoisotopic (exact) mass is 391 g/mol. The largest absolute Gasteiger partial charge is 0.399 e. The van der Waals surface area contributed by atoms with Crippen molar-refractivity contribution in [2.75, 3.05) is 5.73 Å². The number of halogens is 1. The Bertz CT molecular complexity index is 985. The van der Waals surface area contributed by atoms with E-state index in [0.717, 1.165) is 24.0 Å². The molecule has 1 aromatic carbocycles. The van der Waals surface area contributed by atoms with Crippen LogP contribution in [0.3, 0.4) is 0 Å². The standard InChI is InChI=1S/C23H26FN5/c1-14(16(3)25)9-10-27-15(2)11-20-18(17-5-4-6-17)7-8-19(23(20)24)21-12-29-22(26)13-28-21/h7-10,12-13,17H,2-6,11,25H2,1H3,(H2,26,29)/b14-9+,27-10-. The van der Waals surface area contributed by atoms with Gasteiger partial charge < -0.3 is 11.5 Å². The molecule has 0 aliphatic heterocycles. The van der Waals surface area contributed by atoms with Crippen molar-refractivity contribution in [2.24, 2.45) is 10.7 Å². The SMILES string of the molecule is C=C(Cc1c(C2CCC2)ccc(-c2cnc(N)cn2)c1F)/N=C\C=C(/C)C(=C)N. The second-order valence-corrected chi connectivity index (χ2v) is 7.35. The van der Waals surface area contributed by atoms with E-state index in [-0.39, 0.29) is 5.82 Å². The molecule has 1 saturated carbocycles. The van der Waals surface area contributed by atoms with Crippen LogP contribution in [-0.4, -0.2) is 16.2 Å². The molecule has 3 rings (SSSR count). The minimum absolute atomic E-state index is 0.298. The molecule has 0 unspecified atom stereocenters. The third kappa shape index (κ3) is 4.77. The predicted octanol–water partition coefficient (Wildman–Crippen LogP) is 4.68. The third-order valence-corrected chi connectivity index (χ3v) is 5.24. The lowest BCUT2D eigenvalue weighted by molar-refractivity contribution is 0.415. The highest BCUT2D eigenvalue weighted by Crippen LogP contribution is 2.40. The lowest BCUT2D eigenvalue weighted by Crippen LogP contribution is -2.13. The van der Waals surface area contributed by atoms with Gasteiger partial charge in [-0.3, -0.25) is 9.98 Å². The molecule has 0 radical (unpaired) electrons. The van der Waals surface area contributed by atoms with Crippen LogP contribution in [0.5, 0.6) is 0 Å². The molecule has 29 heavy (non-hydrogen) atoms. The number of hydrogen-bond donors (Lipinski definition) is 2. The fourth-order valence-corrected chi connectivity index (χ4v) is 3.20. The normalized spacial score (nSPS) is 14.8. The highest BCUT2D eigenvalue weighted by Gasteiger charge is 2.25. The molecular formula is C23H26FN5. The molecule has 0 spiro atoms. The van der Waals surface area contributed by atoms with Gasteiger partial charge in [0.1, 0.15) is 11.6 Å². The van der Waals surface area contributed by atoms with Crippen LogP contribution in [0.4, 0.5) is 10.2 Å². The number of anilines is 1. The quantitative estimate of drug-likeness (QED) is 0.530. The van der Waals surface area contributed by atoms with Crippen LogP contribution in [0.2, 0.25) is 0 Å². The number of aromatic nitrogens is 2. The van der Waals surface area contributed by atoms with Crippen molar-refractivity contribution < 1.29 is 4.39 Å². The maximum atomic E-state index is 15.5. The number of nitrogens with two attached hydrogens (primary N) is 2. The summed E-state index contributed by atoms with van der Waals surface area (Å²) in [4.78, 5) is 12.6. The predicted molar refractivity (Wildman–Crippen MR) is 117 cm³/mol. The topological polar surface area (TPSA) is 90.2 Å². The fraction of sp³-hybridized carbons (Fsp3) is 0.261. The Hall–Kier alpha value is -3.28. The van der Waals surface area contributed by atoms with Gasteiger partial charge in [0.25, 0.3) is 0 Å². The third-order valence-electron chi connectivity index (χ3n) is 5.24. The van der Waals surface area contributed by atoms with E-state index in [9.17, 15) is 0 Å². The first-order valence-corrected chi connectivity index (χ1v) is 9.59. The van der Waals surface area contributed by atoms with Crippen molar-refractivity contribution in [1.82, 2.24) is 9.97 Å². The number of allylic oxidation sites excluding steroid dienone is 3. The van der Waals surface area contributed by atoms with Gasteiger partial charge in [0, 0.05) is 29.6 Å². The molecule has 150 valence electrons. The number of nitrogen functional groups attached to an aromatic ring is 1. The van der Waals surface area contributed by atoms with Crippen molar-refractivity contribution >= 4 is 12.0 Å². The summed E-state index contributed by atoms with van der Waals surface area (Å²) >= 11 is 0. The summed E-state index contributed by atoms with van der Waals surface area (Å²) in [5.74, 6) is 0.379. The van der Waals surface area contributed by atoms with Gasteiger partial charge in [0.15, 0.2) is 0 Å². The smallest absolute Gasteiger partial charge is 0.141 e. The minimum Gasteiger partial charge on any atom is -0.399 e. The zero-order valence-electron chi connectivity index (χ0n) is 16.7. The van der Waals surface area contributed by atoms with Gasteiger partial charge in [-0.1, -0.05) is 25.6 Å². The van der Waals surface area contributed by atoms with Crippen molar-refractivity contribution in [3.05, 3.63) is 77.7 Å². The summed E-state index contributed by atoms with van der Waals surface area (Å²) in [7, 11) is 0. The van der Waals surface area contributed by atoms with Crippen molar-refractivity contribution in [3.8, 4) is 11.3 Å². The molecule has 1 heterocycles. The van der Waals surface area contributed by atoms with E-state index in [4.69, 9.17) is 11.5 Å². The number of nitrogens with zero attached hydrogens (tertiary/aromatic N) is 3. The molecule has 2 aromatic rings. The first-order chi connectivity index (χ1) is 13.9. The number of benzene rings is 1. The molecule has 5 nitrogen and oxygen atoms in total. The van der Waals surface area contributed by atoms with Gasteiger partial charge in [-0.05, 0) is 54.5 Å². The average molecular weight is 391 g/mol. The lowest BCUT2D eigenvalue weighted by Gasteiger charge is -2.28. The number of rotatable bonds is 7. The van der Waals surface area contributed by atoms with Crippen molar-refractivity contribution in [1.29, 1.82) is 0 Å². The Morgan fingerprint density at radius 3 is 2.62 bits per heavy atom. The molecule has 0 amide bonds. The van der Waals surface area contributed by atoms with E-state index in [2.05, 4.69) is 28.1 Å². The van der Waals surface area contributed by atoms with E-state index < -0.39 is 0 Å². The molecular weight excluding hydrogens is 365 g/mol. The molecule has 1 aromatic heterocycles. The van der Waals surface area contributed by atoms with Crippen LogP contribution >= 0.6 is 0 Å². The Labute approximate surface area is 170 Å². The molecule has 0 atom stereocenters. The Morgan fingerprint density at radius 2 is 2.03 bits per heavy atom. The molecule has 1 fully saturated rings. The summed E-state index contributed by atoms with van der Waals surface area (Å²) in [6.07, 6.45) is 9.93. The van der Waals surface area contributed by atoms with Crippen LogP contribution in [0, 0.1) is 5.82 Å². The van der Waals surface area contributed by atoms with Gasteiger partial charge in [-0.15, -0.1) is 0 Å². The minimum atomic E-state index is -0.299. The molecule has 0 saturated heterocycles. The summed E-state index contributed by atoms with van der Waals surface area (Å²) < 4.78 is 15.5. The Balaban J connectivity index is 1.92. The van der Waals surface area contributed by atoms with Crippen molar-refractivity contribution in [2.45, 2.75) is 38.5 Å². The Morgan fingerprint density at radius 1 is 1.28 bits per heavy atom. The Kier molecular flexibility index (Phi) is 6.22. The molecule has 4 N–H and O–H groups in total. The van der Waals surface area contributed by atoms with E-state index in [1.165, 1.54) is 18.8 Å². The highest BCUT2D eigenvalue weighted by molar-refractivity contribution is 5.74. The summed E-state index contributed by atoms with van der Waals surface area (Å²) in [6.45, 7) is 9.53. The fourth-order valence-electron chi connectivity index (χ4n) is 3.20. The lowest BCUT2D eigenvalue weighted by atomic mass is 9.77. The number of aliphatic imine (C=N–C) groups is 1. The van der Waals surface area contributed by atoms with Gasteiger partial charge in [0.05, 0.1) is 18.1 Å². The first kappa shape index (κ1) is 20.5.